The van der Waals surface area contributed by atoms with Crippen molar-refractivity contribution in [3.8, 4) is 17.5 Å². The summed E-state index contributed by atoms with van der Waals surface area (Å²) in [4.78, 5) is 17.2. The van der Waals surface area contributed by atoms with Crippen LogP contribution in [0.4, 0.5) is 5.69 Å². The average molecular weight is 401 g/mol. The van der Waals surface area contributed by atoms with E-state index < -0.39 is 11.8 Å². The third-order valence-corrected chi connectivity index (χ3v) is 5.82. The maximum absolute atomic E-state index is 12.8. The number of benzene rings is 2. The summed E-state index contributed by atoms with van der Waals surface area (Å²) in [7, 11) is 0. The van der Waals surface area contributed by atoms with Crippen LogP contribution < -0.4 is 5.32 Å². The summed E-state index contributed by atoms with van der Waals surface area (Å²) < 4.78 is 2.77. The lowest BCUT2D eigenvalue weighted by molar-refractivity contribution is -0.116. The van der Waals surface area contributed by atoms with Gasteiger partial charge in [-0.1, -0.05) is 24.3 Å². The highest BCUT2D eigenvalue weighted by molar-refractivity contribution is 7.18. The Kier molecular flexibility index (Phi) is 4.26. The number of rotatable bonds is 5. The van der Waals surface area contributed by atoms with Gasteiger partial charge in [0, 0.05) is 11.3 Å². The number of nitriles is 1. The number of hydrogen-bond acceptors (Lipinski definition) is 7. The topological polar surface area (TPSA) is 109 Å². The van der Waals surface area contributed by atoms with Crippen molar-refractivity contribution in [2.24, 2.45) is 0 Å². The molecule has 0 saturated heterocycles. The van der Waals surface area contributed by atoms with Crippen molar-refractivity contribution in [2.75, 3.05) is 5.32 Å². The first-order chi connectivity index (χ1) is 14.2. The molecule has 1 amide bonds. The summed E-state index contributed by atoms with van der Waals surface area (Å²) in [5.74, 6) is -0.718. The molecule has 0 unspecified atom stereocenters. The second kappa shape index (κ2) is 7.07. The summed E-state index contributed by atoms with van der Waals surface area (Å²) in [6.45, 7) is 0. The van der Waals surface area contributed by atoms with Crippen molar-refractivity contribution in [2.45, 2.75) is 24.8 Å². The zero-order valence-electron chi connectivity index (χ0n) is 15.2. The van der Waals surface area contributed by atoms with Gasteiger partial charge in [-0.2, -0.15) is 5.26 Å². The Bertz CT molecular complexity index is 1220. The Labute approximate surface area is 169 Å². The van der Waals surface area contributed by atoms with Gasteiger partial charge in [0.25, 0.3) is 0 Å². The van der Waals surface area contributed by atoms with Crippen LogP contribution in [0.25, 0.3) is 21.6 Å². The van der Waals surface area contributed by atoms with Crippen LogP contribution in [0.15, 0.2) is 48.5 Å². The highest BCUT2D eigenvalue weighted by Crippen LogP contribution is 2.37. The van der Waals surface area contributed by atoms with Gasteiger partial charge in [0.2, 0.25) is 5.91 Å². The highest BCUT2D eigenvalue weighted by atomic mass is 32.1. The largest absolute Gasteiger partial charge is 0.325 e. The summed E-state index contributed by atoms with van der Waals surface area (Å²) in [6, 6.07) is 17.3. The molecule has 1 atom stereocenters. The molecule has 1 aliphatic rings. The minimum atomic E-state index is -0.979. The number of nitrogens with zero attached hydrogens (tertiary/aromatic N) is 6. The fraction of sp³-hybridized carbons (Fsp3) is 0.200. The van der Waals surface area contributed by atoms with Gasteiger partial charge in [-0.3, -0.25) is 4.79 Å². The maximum atomic E-state index is 12.8. The van der Waals surface area contributed by atoms with Crippen LogP contribution in [0.2, 0.25) is 0 Å². The van der Waals surface area contributed by atoms with Crippen LogP contribution in [0.3, 0.4) is 0 Å². The molecule has 1 N–H and O–H groups in total. The molecule has 5 rings (SSSR count). The Hall–Kier alpha value is -3.64. The van der Waals surface area contributed by atoms with Gasteiger partial charge >= 0.3 is 0 Å². The number of thiazole rings is 1. The molecule has 8 nitrogen and oxygen atoms in total. The van der Waals surface area contributed by atoms with Crippen molar-refractivity contribution in [3.63, 3.8) is 0 Å². The number of carbonyl (C=O) groups excluding carboxylic acids is 1. The zero-order valence-corrected chi connectivity index (χ0v) is 16.0. The van der Waals surface area contributed by atoms with E-state index in [1.54, 1.807) is 6.07 Å². The van der Waals surface area contributed by atoms with Crippen molar-refractivity contribution in [3.05, 3.63) is 53.5 Å². The fourth-order valence-electron chi connectivity index (χ4n) is 3.14. The van der Waals surface area contributed by atoms with Crippen molar-refractivity contribution in [1.29, 1.82) is 5.26 Å². The standard InChI is InChI=1S/C20H15N7OS/c21-11-15(20-23-16-6-1-2-7-17(16)29-20)19(28)22-13-5-3-4-12(10-13)18-24-25-26-27(18)14-8-9-14/h1-7,10,14-15H,8-9H2,(H,22,28)/t15-/m1/s1. The van der Waals surface area contributed by atoms with Crippen LogP contribution in [0.5, 0.6) is 0 Å². The van der Waals surface area contributed by atoms with E-state index in [0.29, 0.717) is 22.6 Å². The predicted octanol–water partition coefficient (Wildman–Crippen LogP) is 3.53. The lowest BCUT2D eigenvalue weighted by Crippen LogP contribution is -2.19. The first kappa shape index (κ1) is 17.5. The Morgan fingerprint density at radius 2 is 2.10 bits per heavy atom. The number of carbonyl (C=O) groups is 1. The van der Waals surface area contributed by atoms with Gasteiger partial charge in [-0.25, -0.2) is 9.67 Å². The molecule has 1 saturated carbocycles. The third kappa shape index (κ3) is 3.34. The Morgan fingerprint density at radius 1 is 1.24 bits per heavy atom. The quantitative estimate of drug-likeness (QED) is 0.548. The third-order valence-electron chi connectivity index (χ3n) is 4.72. The SMILES string of the molecule is N#C[C@H](C(=O)Nc1cccc(-c2nnnn2C2CC2)c1)c1nc2ccccc2s1. The lowest BCUT2D eigenvalue weighted by atomic mass is 10.1. The van der Waals surface area contributed by atoms with Crippen molar-refractivity contribution >= 4 is 33.1 Å². The molecule has 29 heavy (non-hydrogen) atoms. The van der Waals surface area contributed by atoms with Gasteiger partial charge < -0.3 is 5.32 Å². The smallest absolute Gasteiger partial charge is 0.248 e. The molecule has 2 aromatic heterocycles. The van der Waals surface area contributed by atoms with E-state index in [-0.39, 0.29) is 0 Å². The molecule has 1 fully saturated rings. The summed E-state index contributed by atoms with van der Waals surface area (Å²) in [5.41, 5.74) is 2.18. The maximum Gasteiger partial charge on any atom is 0.248 e. The Balaban J connectivity index is 1.40. The molecule has 2 heterocycles. The monoisotopic (exact) mass is 401 g/mol. The van der Waals surface area contributed by atoms with E-state index in [1.165, 1.54) is 11.3 Å². The highest BCUT2D eigenvalue weighted by Gasteiger charge is 2.28. The van der Waals surface area contributed by atoms with Crippen LogP contribution in [0.1, 0.15) is 29.8 Å². The molecule has 142 valence electrons. The van der Waals surface area contributed by atoms with E-state index >= 15 is 0 Å². The van der Waals surface area contributed by atoms with Gasteiger partial charge in [0.15, 0.2) is 11.7 Å². The molecule has 2 aromatic carbocycles. The van der Waals surface area contributed by atoms with Crippen LogP contribution in [-0.2, 0) is 4.79 Å². The molecule has 0 radical (unpaired) electrons. The predicted molar refractivity (Wildman–Crippen MR) is 108 cm³/mol. The second-order valence-electron chi connectivity index (χ2n) is 6.83. The minimum absolute atomic E-state index is 0.347. The fourth-order valence-corrected chi connectivity index (χ4v) is 4.15. The number of hydrogen-bond donors (Lipinski definition) is 1. The first-order valence-electron chi connectivity index (χ1n) is 9.17. The summed E-state index contributed by atoms with van der Waals surface area (Å²) in [5, 5.41) is 24.9. The Morgan fingerprint density at radius 3 is 2.90 bits per heavy atom. The summed E-state index contributed by atoms with van der Waals surface area (Å²) >= 11 is 1.36. The van der Waals surface area contributed by atoms with E-state index in [2.05, 4.69) is 31.9 Å². The van der Waals surface area contributed by atoms with E-state index in [9.17, 15) is 10.1 Å². The number of aromatic nitrogens is 5. The molecule has 1 aliphatic carbocycles. The van der Waals surface area contributed by atoms with E-state index in [4.69, 9.17) is 0 Å². The molecule has 0 aliphatic heterocycles. The van der Waals surface area contributed by atoms with Gasteiger partial charge in [-0.05, 0) is 47.5 Å². The molecule has 9 heteroatoms. The number of para-hydroxylation sites is 1. The van der Waals surface area contributed by atoms with Crippen LogP contribution in [-0.4, -0.2) is 31.1 Å². The number of tetrazole rings is 1. The molecular weight excluding hydrogens is 386 g/mol. The van der Waals surface area contributed by atoms with E-state index in [1.807, 2.05) is 47.1 Å². The van der Waals surface area contributed by atoms with Crippen LogP contribution in [0, 0.1) is 11.3 Å². The number of anilines is 1. The van der Waals surface area contributed by atoms with Gasteiger partial charge in [-0.15, -0.1) is 16.4 Å². The second-order valence-corrected chi connectivity index (χ2v) is 7.89. The number of nitrogens with one attached hydrogen (secondary N) is 1. The normalized spacial score (nSPS) is 14.4. The molecule has 0 spiro atoms. The van der Waals surface area contributed by atoms with E-state index in [0.717, 1.165) is 28.6 Å². The van der Waals surface area contributed by atoms with Crippen molar-refractivity contribution in [1.82, 2.24) is 25.2 Å². The number of amides is 1. The molecular formula is C20H15N7OS. The minimum Gasteiger partial charge on any atom is -0.325 e. The number of fused-ring (bicyclic) bond motifs is 1. The lowest BCUT2D eigenvalue weighted by Gasteiger charge is -2.09. The van der Waals surface area contributed by atoms with Crippen molar-refractivity contribution < 1.29 is 4.79 Å². The first-order valence-corrected chi connectivity index (χ1v) is 9.99. The molecule has 0 bridgehead atoms. The molecule has 4 aromatic rings. The zero-order chi connectivity index (χ0) is 19.8. The average Bonchev–Trinajstić information content (AvgIpc) is 3.30. The van der Waals surface area contributed by atoms with Gasteiger partial charge in [0.1, 0.15) is 5.01 Å². The van der Waals surface area contributed by atoms with Crippen LogP contribution >= 0.6 is 11.3 Å². The van der Waals surface area contributed by atoms with Gasteiger partial charge in [0.05, 0.1) is 22.3 Å². The summed E-state index contributed by atoms with van der Waals surface area (Å²) in [6.07, 6.45) is 2.14.